The second kappa shape index (κ2) is 7.99. The minimum absolute atomic E-state index is 0.116. The Labute approximate surface area is 113 Å². The Morgan fingerprint density at radius 1 is 1.37 bits per heavy atom. The van der Waals surface area contributed by atoms with Crippen molar-refractivity contribution in [2.24, 2.45) is 5.92 Å². The topological polar surface area (TPSA) is 87.7 Å². The Hall–Kier alpha value is -1.30. The number of rotatable bonds is 7. The molecule has 1 fully saturated rings. The lowest BCUT2D eigenvalue weighted by Gasteiger charge is -2.21. The summed E-state index contributed by atoms with van der Waals surface area (Å²) in [5, 5.41) is 14.2. The first kappa shape index (κ1) is 15.8. The van der Waals surface area contributed by atoms with E-state index >= 15 is 0 Å². The number of urea groups is 1. The number of aliphatic carboxylic acids is 1. The number of ether oxygens (including phenoxy) is 1. The van der Waals surface area contributed by atoms with Crippen LogP contribution in [0.5, 0.6) is 0 Å². The number of hydrogen-bond acceptors (Lipinski definition) is 3. The highest BCUT2D eigenvalue weighted by atomic mass is 16.5. The predicted molar refractivity (Wildman–Crippen MR) is 71.0 cm³/mol. The Balaban J connectivity index is 2.24. The van der Waals surface area contributed by atoms with Gasteiger partial charge in [-0.25, -0.2) is 4.79 Å². The molecule has 0 radical (unpaired) electrons. The van der Waals surface area contributed by atoms with E-state index < -0.39 is 12.1 Å². The van der Waals surface area contributed by atoms with Gasteiger partial charge in [-0.15, -0.1) is 0 Å². The van der Waals surface area contributed by atoms with Gasteiger partial charge >= 0.3 is 12.0 Å². The molecule has 0 heterocycles. The third-order valence-corrected chi connectivity index (χ3v) is 3.69. The van der Waals surface area contributed by atoms with Gasteiger partial charge in [0.2, 0.25) is 0 Å². The van der Waals surface area contributed by atoms with Crippen LogP contribution in [0.4, 0.5) is 4.79 Å². The highest BCUT2D eigenvalue weighted by molar-refractivity contribution is 5.74. The fourth-order valence-corrected chi connectivity index (χ4v) is 2.47. The molecule has 0 saturated heterocycles. The molecule has 6 nitrogen and oxygen atoms in total. The minimum atomic E-state index is -0.937. The number of nitrogens with one attached hydrogen (secondary N) is 2. The van der Waals surface area contributed by atoms with Crippen LogP contribution in [0.3, 0.4) is 0 Å². The summed E-state index contributed by atoms with van der Waals surface area (Å²) >= 11 is 0. The van der Waals surface area contributed by atoms with E-state index in [1.54, 1.807) is 0 Å². The summed E-state index contributed by atoms with van der Waals surface area (Å²) in [5.74, 6) is -0.378. The summed E-state index contributed by atoms with van der Waals surface area (Å²) < 4.78 is 4.99. The normalized spacial score (nSPS) is 18.8. The molecule has 1 saturated carbocycles. The van der Waals surface area contributed by atoms with Crippen molar-refractivity contribution >= 4 is 12.0 Å². The summed E-state index contributed by atoms with van der Waals surface area (Å²) in [6, 6.07) is -0.102. The Bertz CT molecular complexity index is 303. The van der Waals surface area contributed by atoms with Crippen molar-refractivity contribution in [3.8, 4) is 0 Å². The molecule has 110 valence electrons. The third kappa shape index (κ3) is 5.92. The van der Waals surface area contributed by atoms with Crippen LogP contribution in [-0.2, 0) is 9.53 Å². The lowest BCUT2D eigenvalue weighted by atomic mass is 10.0. The van der Waals surface area contributed by atoms with Crippen molar-refractivity contribution < 1.29 is 19.4 Å². The van der Waals surface area contributed by atoms with Crippen LogP contribution in [0, 0.1) is 5.92 Å². The van der Waals surface area contributed by atoms with Gasteiger partial charge < -0.3 is 20.5 Å². The zero-order chi connectivity index (χ0) is 14.3. The van der Waals surface area contributed by atoms with Crippen LogP contribution in [0.2, 0.25) is 0 Å². The highest BCUT2D eigenvalue weighted by Crippen LogP contribution is 2.27. The summed E-state index contributed by atoms with van der Waals surface area (Å²) in [4.78, 5) is 22.2. The van der Waals surface area contributed by atoms with Crippen molar-refractivity contribution in [1.82, 2.24) is 10.6 Å². The van der Waals surface area contributed by atoms with Crippen LogP contribution >= 0.6 is 0 Å². The van der Waals surface area contributed by atoms with Gasteiger partial charge in [0.25, 0.3) is 0 Å². The van der Waals surface area contributed by atoms with E-state index in [-0.39, 0.29) is 25.0 Å². The molecule has 2 atom stereocenters. The third-order valence-electron chi connectivity index (χ3n) is 3.69. The van der Waals surface area contributed by atoms with Gasteiger partial charge in [-0.1, -0.05) is 12.8 Å². The zero-order valence-corrected chi connectivity index (χ0v) is 11.6. The maximum absolute atomic E-state index is 11.7. The number of carbonyl (C=O) groups is 2. The van der Waals surface area contributed by atoms with Crippen LogP contribution < -0.4 is 10.6 Å². The largest absolute Gasteiger partial charge is 0.481 e. The maximum atomic E-state index is 11.7. The average molecular weight is 272 g/mol. The molecule has 0 aromatic rings. The maximum Gasteiger partial charge on any atom is 0.315 e. The molecule has 2 amide bonds. The van der Waals surface area contributed by atoms with Crippen molar-refractivity contribution in [2.45, 2.75) is 51.2 Å². The summed E-state index contributed by atoms with van der Waals surface area (Å²) in [5.41, 5.74) is 0. The van der Waals surface area contributed by atoms with Gasteiger partial charge in [-0.2, -0.15) is 0 Å². The predicted octanol–water partition coefficient (Wildman–Crippen LogP) is 1.35. The molecule has 1 aliphatic carbocycles. The van der Waals surface area contributed by atoms with Crippen LogP contribution in [0.1, 0.15) is 39.0 Å². The van der Waals surface area contributed by atoms with E-state index in [1.807, 2.05) is 6.92 Å². The molecular weight excluding hydrogens is 248 g/mol. The standard InChI is InChI=1S/C13H24N2O4/c1-9(10-5-3-4-6-10)15-13(18)14-8-11(19-2)7-12(16)17/h9-11H,3-8H2,1-2H3,(H,16,17)(H2,14,15,18). The number of carboxylic acids is 1. The SMILES string of the molecule is COC(CNC(=O)NC(C)C1CCCC1)CC(=O)O. The molecular formula is C13H24N2O4. The minimum Gasteiger partial charge on any atom is -0.481 e. The van der Waals surface area contributed by atoms with Crippen molar-refractivity contribution in [3.63, 3.8) is 0 Å². The van der Waals surface area contributed by atoms with E-state index in [0.29, 0.717) is 5.92 Å². The van der Waals surface area contributed by atoms with Crippen molar-refractivity contribution in [2.75, 3.05) is 13.7 Å². The first-order valence-corrected chi connectivity index (χ1v) is 6.82. The number of carbonyl (C=O) groups excluding carboxylic acids is 1. The van der Waals surface area contributed by atoms with E-state index in [2.05, 4.69) is 10.6 Å². The average Bonchev–Trinajstić information content (AvgIpc) is 2.87. The summed E-state index contributed by atoms with van der Waals surface area (Å²) in [6.45, 7) is 2.21. The van der Waals surface area contributed by atoms with Gasteiger partial charge in [-0.3, -0.25) is 4.79 Å². The van der Waals surface area contributed by atoms with Gasteiger partial charge in [0.15, 0.2) is 0 Å². The van der Waals surface area contributed by atoms with E-state index in [0.717, 1.165) is 0 Å². The first-order chi connectivity index (χ1) is 9.02. The fourth-order valence-electron chi connectivity index (χ4n) is 2.47. The van der Waals surface area contributed by atoms with E-state index in [4.69, 9.17) is 9.84 Å². The quantitative estimate of drug-likeness (QED) is 0.653. The van der Waals surface area contributed by atoms with E-state index in [1.165, 1.54) is 32.8 Å². The van der Waals surface area contributed by atoms with Gasteiger partial charge in [0, 0.05) is 19.7 Å². The van der Waals surface area contributed by atoms with Gasteiger partial charge in [0.1, 0.15) is 0 Å². The van der Waals surface area contributed by atoms with Crippen LogP contribution in [0.15, 0.2) is 0 Å². The number of carboxylic acid groups (broad SMARTS) is 1. The Kier molecular flexibility index (Phi) is 6.62. The van der Waals surface area contributed by atoms with Gasteiger partial charge in [-0.05, 0) is 25.7 Å². The van der Waals surface area contributed by atoms with Crippen LogP contribution in [-0.4, -0.2) is 42.9 Å². The molecule has 1 aliphatic rings. The Morgan fingerprint density at radius 3 is 2.53 bits per heavy atom. The molecule has 6 heteroatoms. The second-order valence-corrected chi connectivity index (χ2v) is 5.14. The Morgan fingerprint density at radius 2 is 2.00 bits per heavy atom. The number of amides is 2. The fraction of sp³-hybridized carbons (Fsp3) is 0.846. The number of methoxy groups -OCH3 is 1. The van der Waals surface area contributed by atoms with E-state index in [9.17, 15) is 9.59 Å². The zero-order valence-electron chi connectivity index (χ0n) is 11.6. The summed E-state index contributed by atoms with van der Waals surface area (Å²) in [7, 11) is 1.44. The molecule has 0 aromatic heterocycles. The number of hydrogen-bond donors (Lipinski definition) is 3. The molecule has 2 unspecified atom stereocenters. The molecule has 0 spiro atoms. The molecule has 0 aliphatic heterocycles. The molecule has 0 aromatic carbocycles. The molecule has 0 bridgehead atoms. The smallest absolute Gasteiger partial charge is 0.315 e. The lowest BCUT2D eigenvalue weighted by molar-refractivity contribution is -0.139. The lowest BCUT2D eigenvalue weighted by Crippen LogP contribution is -2.46. The molecule has 1 rings (SSSR count). The molecule has 19 heavy (non-hydrogen) atoms. The second-order valence-electron chi connectivity index (χ2n) is 5.14. The highest BCUT2D eigenvalue weighted by Gasteiger charge is 2.23. The summed E-state index contributed by atoms with van der Waals surface area (Å²) in [6.07, 6.45) is 4.20. The molecule has 3 N–H and O–H groups in total. The first-order valence-electron chi connectivity index (χ1n) is 6.82. The van der Waals surface area contributed by atoms with Crippen LogP contribution in [0.25, 0.3) is 0 Å². The van der Waals surface area contributed by atoms with Gasteiger partial charge in [0.05, 0.1) is 12.5 Å². The van der Waals surface area contributed by atoms with Crippen molar-refractivity contribution in [3.05, 3.63) is 0 Å². The monoisotopic (exact) mass is 272 g/mol. The van der Waals surface area contributed by atoms with Crippen molar-refractivity contribution in [1.29, 1.82) is 0 Å².